The topological polar surface area (TPSA) is 60.8 Å². The zero-order valence-electron chi connectivity index (χ0n) is 17.1. The van der Waals surface area contributed by atoms with Crippen LogP contribution in [-0.4, -0.2) is 16.1 Å². The Bertz CT molecular complexity index is 1240. The van der Waals surface area contributed by atoms with Crippen LogP contribution in [-0.2, 0) is 16.8 Å². The molecule has 0 saturated carbocycles. The van der Waals surface area contributed by atoms with E-state index in [1.165, 1.54) is 0 Å². The third-order valence-corrected chi connectivity index (χ3v) is 6.27. The number of phenols is 2. The number of carbonyl (C=O) groups excluding carboxylic acids is 1. The second kappa shape index (κ2) is 7.74. The number of fused-ring (bicyclic) bond motifs is 1. The van der Waals surface area contributed by atoms with Crippen molar-refractivity contribution in [2.24, 2.45) is 0 Å². The minimum absolute atomic E-state index is 0.0926. The molecule has 0 radical (unpaired) electrons. The van der Waals surface area contributed by atoms with E-state index in [2.05, 4.69) is 0 Å². The Hall–Kier alpha value is -3.76. The van der Waals surface area contributed by atoms with E-state index in [-0.39, 0.29) is 17.4 Å². The SMILES string of the molecule is O=C1N(Cc2ccc(Cl)cc2)c2ccccc2C1(c1ccc(O)cc1)c1ccc(O)cc1. The molecule has 1 aliphatic heterocycles. The van der Waals surface area contributed by atoms with E-state index in [0.29, 0.717) is 11.6 Å². The van der Waals surface area contributed by atoms with Gasteiger partial charge >= 0.3 is 0 Å². The van der Waals surface area contributed by atoms with Gasteiger partial charge in [0.25, 0.3) is 0 Å². The van der Waals surface area contributed by atoms with Crippen LogP contribution < -0.4 is 4.90 Å². The minimum atomic E-state index is -1.11. The first kappa shape index (κ1) is 20.2. The summed E-state index contributed by atoms with van der Waals surface area (Å²) in [5.74, 6) is 0.169. The highest BCUT2D eigenvalue weighted by molar-refractivity contribution is 6.30. The highest BCUT2D eigenvalue weighted by atomic mass is 35.5. The van der Waals surface area contributed by atoms with Crippen LogP contribution in [0.1, 0.15) is 22.3 Å². The van der Waals surface area contributed by atoms with Crippen molar-refractivity contribution in [1.82, 2.24) is 0 Å². The maximum absolute atomic E-state index is 14.3. The van der Waals surface area contributed by atoms with Gasteiger partial charge in [-0.1, -0.05) is 66.2 Å². The van der Waals surface area contributed by atoms with Crippen molar-refractivity contribution >= 4 is 23.2 Å². The maximum atomic E-state index is 14.3. The Kier molecular flexibility index (Phi) is 4.87. The molecule has 1 heterocycles. The predicted octanol–water partition coefficient (Wildman–Crippen LogP) is 5.63. The molecule has 4 aromatic rings. The summed E-state index contributed by atoms with van der Waals surface area (Å²) in [5, 5.41) is 20.4. The van der Waals surface area contributed by atoms with E-state index < -0.39 is 5.41 Å². The number of rotatable bonds is 4. The van der Waals surface area contributed by atoms with Crippen LogP contribution in [0.2, 0.25) is 5.02 Å². The number of hydrogen-bond donors (Lipinski definition) is 2. The fraction of sp³-hybridized carbons (Fsp3) is 0.0741. The molecule has 0 atom stereocenters. The molecule has 5 rings (SSSR count). The normalized spacial score (nSPS) is 14.4. The van der Waals surface area contributed by atoms with Crippen LogP contribution in [0.4, 0.5) is 5.69 Å². The quantitative estimate of drug-likeness (QED) is 0.431. The smallest absolute Gasteiger partial charge is 0.247 e. The highest BCUT2D eigenvalue weighted by Gasteiger charge is 2.53. The Balaban J connectivity index is 1.74. The van der Waals surface area contributed by atoms with E-state index in [1.54, 1.807) is 53.4 Å². The number of anilines is 1. The molecule has 0 saturated heterocycles. The molecule has 4 aromatic carbocycles. The van der Waals surface area contributed by atoms with Crippen LogP contribution in [0.3, 0.4) is 0 Å². The van der Waals surface area contributed by atoms with Gasteiger partial charge in [-0.25, -0.2) is 0 Å². The second-order valence-corrected chi connectivity index (χ2v) is 8.32. The monoisotopic (exact) mass is 441 g/mol. The Morgan fingerprint density at radius 2 is 1.25 bits per heavy atom. The Labute approximate surface area is 191 Å². The van der Waals surface area contributed by atoms with Gasteiger partial charge in [0.1, 0.15) is 16.9 Å². The molecule has 32 heavy (non-hydrogen) atoms. The molecule has 0 aliphatic carbocycles. The summed E-state index contributed by atoms with van der Waals surface area (Å²) in [6, 6.07) is 28.7. The minimum Gasteiger partial charge on any atom is -0.508 e. The number of nitrogens with zero attached hydrogens (tertiary/aromatic N) is 1. The fourth-order valence-electron chi connectivity index (χ4n) is 4.53. The van der Waals surface area contributed by atoms with Crippen molar-refractivity contribution in [3.05, 3.63) is 124 Å². The number of carbonyl (C=O) groups is 1. The molecule has 158 valence electrons. The summed E-state index contributed by atoms with van der Waals surface area (Å²) < 4.78 is 0. The van der Waals surface area contributed by atoms with E-state index in [4.69, 9.17) is 11.6 Å². The summed E-state index contributed by atoms with van der Waals surface area (Å²) in [5.41, 5.74) is 3.03. The zero-order chi connectivity index (χ0) is 22.3. The largest absolute Gasteiger partial charge is 0.508 e. The number of para-hydroxylation sites is 1. The van der Waals surface area contributed by atoms with Gasteiger partial charge in [-0.05, 0) is 59.2 Å². The van der Waals surface area contributed by atoms with Crippen molar-refractivity contribution in [2.75, 3.05) is 4.90 Å². The molecule has 1 amide bonds. The molecular formula is C27H20ClNO3. The van der Waals surface area contributed by atoms with Crippen LogP contribution in [0.25, 0.3) is 0 Å². The summed E-state index contributed by atoms with van der Waals surface area (Å²) >= 11 is 6.05. The molecule has 0 fully saturated rings. The van der Waals surface area contributed by atoms with Gasteiger partial charge in [-0.15, -0.1) is 0 Å². The van der Waals surface area contributed by atoms with Crippen LogP contribution in [0.5, 0.6) is 11.5 Å². The summed E-state index contributed by atoms with van der Waals surface area (Å²) in [6.45, 7) is 0.394. The molecule has 2 N–H and O–H groups in total. The Morgan fingerprint density at radius 1 is 0.719 bits per heavy atom. The van der Waals surface area contributed by atoms with Gasteiger partial charge in [-0.2, -0.15) is 0 Å². The van der Waals surface area contributed by atoms with Gasteiger partial charge in [0.05, 0.1) is 6.54 Å². The molecule has 0 spiro atoms. The lowest BCUT2D eigenvalue weighted by atomic mass is 9.70. The number of benzene rings is 4. The molecule has 0 bridgehead atoms. The average molecular weight is 442 g/mol. The molecule has 0 aromatic heterocycles. The molecule has 4 nitrogen and oxygen atoms in total. The van der Waals surface area contributed by atoms with Gasteiger partial charge < -0.3 is 15.1 Å². The van der Waals surface area contributed by atoms with Gasteiger partial charge in [-0.3, -0.25) is 4.79 Å². The van der Waals surface area contributed by atoms with Crippen LogP contribution >= 0.6 is 11.6 Å². The summed E-state index contributed by atoms with van der Waals surface area (Å²) in [6.07, 6.45) is 0. The average Bonchev–Trinajstić information content (AvgIpc) is 3.05. The first-order valence-corrected chi connectivity index (χ1v) is 10.6. The van der Waals surface area contributed by atoms with E-state index in [0.717, 1.165) is 27.9 Å². The highest BCUT2D eigenvalue weighted by Crippen LogP contribution is 2.51. The van der Waals surface area contributed by atoms with Crippen molar-refractivity contribution in [2.45, 2.75) is 12.0 Å². The lowest BCUT2D eigenvalue weighted by molar-refractivity contribution is -0.120. The molecule has 5 heteroatoms. The second-order valence-electron chi connectivity index (χ2n) is 7.88. The van der Waals surface area contributed by atoms with E-state index in [9.17, 15) is 15.0 Å². The van der Waals surface area contributed by atoms with Crippen LogP contribution in [0.15, 0.2) is 97.1 Å². The summed E-state index contributed by atoms with van der Waals surface area (Å²) in [7, 11) is 0. The predicted molar refractivity (Wildman–Crippen MR) is 125 cm³/mol. The molecular weight excluding hydrogens is 422 g/mol. The standard InChI is InChI=1S/C27H20ClNO3/c28-21-11-5-18(6-12-21)17-29-25-4-2-1-3-24(25)27(26(29)32,19-7-13-22(30)14-8-19)20-9-15-23(31)16-10-20/h1-16,30-31H,17H2. The number of amides is 1. The van der Waals surface area contributed by atoms with Crippen molar-refractivity contribution in [1.29, 1.82) is 0 Å². The first-order valence-electron chi connectivity index (χ1n) is 10.2. The lowest BCUT2D eigenvalue weighted by Gasteiger charge is -2.30. The summed E-state index contributed by atoms with van der Waals surface area (Å²) in [4.78, 5) is 16.1. The molecule has 1 aliphatic rings. The number of phenolic OH excluding ortho intramolecular Hbond substituents is 2. The van der Waals surface area contributed by atoms with Crippen LogP contribution in [0, 0.1) is 0 Å². The maximum Gasteiger partial charge on any atom is 0.247 e. The Morgan fingerprint density at radius 3 is 1.81 bits per heavy atom. The lowest BCUT2D eigenvalue weighted by Crippen LogP contribution is -2.42. The molecule has 0 unspecified atom stereocenters. The number of aromatic hydroxyl groups is 2. The van der Waals surface area contributed by atoms with E-state index in [1.807, 2.05) is 48.5 Å². The third-order valence-electron chi connectivity index (χ3n) is 6.02. The fourth-order valence-corrected chi connectivity index (χ4v) is 4.66. The van der Waals surface area contributed by atoms with Gasteiger partial charge in [0.15, 0.2) is 0 Å². The van der Waals surface area contributed by atoms with Gasteiger partial charge in [0.2, 0.25) is 5.91 Å². The number of hydrogen-bond acceptors (Lipinski definition) is 3. The van der Waals surface area contributed by atoms with E-state index >= 15 is 0 Å². The first-order chi connectivity index (χ1) is 15.5. The van der Waals surface area contributed by atoms with Crippen molar-refractivity contribution in [3.8, 4) is 11.5 Å². The van der Waals surface area contributed by atoms with Crippen molar-refractivity contribution < 1.29 is 15.0 Å². The van der Waals surface area contributed by atoms with Crippen molar-refractivity contribution in [3.63, 3.8) is 0 Å². The third kappa shape index (κ3) is 3.12. The number of halogens is 1. The zero-order valence-corrected chi connectivity index (χ0v) is 17.8. The van der Waals surface area contributed by atoms with Gasteiger partial charge in [0, 0.05) is 16.3 Å².